The Balaban J connectivity index is 2.43. The first-order chi connectivity index (χ1) is 6.16. The van der Waals surface area contributed by atoms with Crippen LogP contribution in [0.2, 0.25) is 0 Å². The first-order valence-corrected chi connectivity index (χ1v) is 4.21. The van der Waals surface area contributed by atoms with Gasteiger partial charge in [-0.3, -0.25) is 0 Å². The number of nitrogens with one attached hydrogen (secondary N) is 1. The molecule has 1 aliphatic rings. The molecule has 0 bridgehead atoms. The molecule has 0 amide bonds. The summed E-state index contributed by atoms with van der Waals surface area (Å²) in [5, 5.41) is 21.5. The number of phenolic OH excluding ortho intramolecular Hbond substituents is 2. The Morgan fingerprint density at radius 2 is 2.00 bits per heavy atom. The lowest BCUT2D eigenvalue weighted by Crippen LogP contribution is -2.35. The minimum atomic E-state index is -0.0956. The number of aromatic hydroxyl groups is 2. The van der Waals surface area contributed by atoms with Gasteiger partial charge in [-0.1, -0.05) is 0 Å². The topological polar surface area (TPSA) is 78.5 Å². The molecule has 70 valence electrons. The van der Waals surface area contributed by atoms with E-state index in [9.17, 15) is 10.2 Å². The molecule has 13 heavy (non-hydrogen) atoms. The highest BCUT2D eigenvalue weighted by molar-refractivity contribution is 5.61. The largest absolute Gasteiger partial charge is 0.504 e. The smallest absolute Gasteiger partial charge is 0.159 e. The van der Waals surface area contributed by atoms with Crippen molar-refractivity contribution >= 4 is 5.69 Å². The molecule has 0 radical (unpaired) electrons. The summed E-state index contributed by atoms with van der Waals surface area (Å²) in [6, 6.07) is 3.16. The number of benzene rings is 1. The zero-order valence-electron chi connectivity index (χ0n) is 7.12. The van der Waals surface area contributed by atoms with Gasteiger partial charge < -0.3 is 21.3 Å². The second-order valence-electron chi connectivity index (χ2n) is 3.34. The van der Waals surface area contributed by atoms with Crippen molar-refractivity contribution in [2.45, 2.75) is 12.5 Å². The predicted molar refractivity (Wildman–Crippen MR) is 49.9 cm³/mol. The van der Waals surface area contributed by atoms with E-state index in [0.717, 1.165) is 17.7 Å². The van der Waals surface area contributed by atoms with E-state index in [2.05, 4.69) is 5.32 Å². The third kappa shape index (κ3) is 1.40. The quantitative estimate of drug-likeness (QED) is 0.344. The van der Waals surface area contributed by atoms with E-state index in [1.807, 2.05) is 0 Å². The Morgan fingerprint density at radius 1 is 1.31 bits per heavy atom. The summed E-state index contributed by atoms with van der Waals surface area (Å²) in [6.07, 6.45) is 0.732. The SMILES string of the molecule is N[C@H]1CNc2cc(O)c(O)cc2C1. The molecule has 1 heterocycles. The fourth-order valence-corrected chi connectivity index (χ4v) is 1.55. The van der Waals surface area contributed by atoms with E-state index in [0.29, 0.717) is 6.54 Å². The van der Waals surface area contributed by atoms with E-state index in [-0.39, 0.29) is 17.5 Å². The molecule has 4 heteroatoms. The molecule has 0 saturated carbocycles. The summed E-state index contributed by atoms with van der Waals surface area (Å²) in [7, 11) is 0. The highest BCUT2D eigenvalue weighted by atomic mass is 16.3. The van der Waals surface area contributed by atoms with Gasteiger partial charge in [-0.15, -0.1) is 0 Å². The Morgan fingerprint density at radius 3 is 2.77 bits per heavy atom. The number of hydrogen-bond acceptors (Lipinski definition) is 4. The van der Waals surface area contributed by atoms with Gasteiger partial charge in [0.05, 0.1) is 0 Å². The van der Waals surface area contributed by atoms with Gasteiger partial charge in [0, 0.05) is 24.3 Å². The fraction of sp³-hybridized carbons (Fsp3) is 0.333. The van der Waals surface area contributed by atoms with Gasteiger partial charge in [0.2, 0.25) is 0 Å². The van der Waals surface area contributed by atoms with Gasteiger partial charge in [0.1, 0.15) is 0 Å². The molecule has 0 saturated heterocycles. The van der Waals surface area contributed by atoms with E-state index in [4.69, 9.17) is 5.73 Å². The third-order valence-corrected chi connectivity index (χ3v) is 2.24. The van der Waals surface area contributed by atoms with Gasteiger partial charge in [-0.05, 0) is 18.1 Å². The highest BCUT2D eigenvalue weighted by Gasteiger charge is 2.16. The molecular formula is C9H12N2O2. The molecule has 1 atom stereocenters. The van der Waals surface area contributed by atoms with Gasteiger partial charge >= 0.3 is 0 Å². The summed E-state index contributed by atoms with van der Waals surface area (Å²) in [6.45, 7) is 0.706. The molecule has 1 aliphatic heterocycles. The van der Waals surface area contributed by atoms with Crippen molar-refractivity contribution in [3.63, 3.8) is 0 Å². The number of phenols is 2. The maximum atomic E-state index is 9.24. The predicted octanol–water partition coefficient (Wildman–Crippen LogP) is 0.393. The van der Waals surface area contributed by atoms with E-state index < -0.39 is 0 Å². The first kappa shape index (κ1) is 8.19. The molecule has 0 aliphatic carbocycles. The Kier molecular flexibility index (Phi) is 1.77. The average Bonchev–Trinajstić information content (AvgIpc) is 2.08. The van der Waals surface area contributed by atoms with Crippen molar-refractivity contribution in [1.82, 2.24) is 0 Å². The van der Waals surface area contributed by atoms with Crippen molar-refractivity contribution in [1.29, 1.82) is 0 Å². The summed E-state index contributed by atoms with van der Waals surface area (Å²) in [4.78, 5) is 0. The van der Waals surface area contributed by atoms with Crippen molar-refractivity contribution in [2.24, 2.45) is 5.73 Å². The molecule has 0 aromatic heterocycles. The van der Waals surface area contributed by atoms with Gasteiger partial charge in [0.25, 0.3) is 0 Å². The van der Waals surface area contributed by atoms with Crippen LogP contribution < -0.4 is 11.1 Å². The molecule has 5 N–H and O–H groups in total. The number of rotatable bonds is 0. The Labute approximate surface area is 76.0 Å². The number of nitrogens with two attached hydrogens (primary N) is 1. The van der Waals surface area contributed by atoms with Crippen LogP contribution in [0.5, 0.6) is 11.5 Å². The summed E-state index contributed by atoms with van der Waals surface area (Å²) in [5.41, 5.74) is 7.54. The average molecular weight is 180 g/mol. The van der Waals surface area contributed by atoms with Crippen LogP contribution in [0, 0.1) is 0 Å². The summed E-state index contributed by atoms with van der Waals surface area (Å²) >= 11 is 0. The molecular weight excluding hydrogens is 168 g/mol. The highest BCUT2D eigenvalue weighted by Crippen LogP contribution is 2.33. The lowest BCUT2D eigenvalue weighted by atomic mass is 10.00. The molecule has 1 aromatic rings. The number of fused-ring (bicyclic) bond motifs is 1. The second kappa shape index (κ2) is 2.81. The minimum Gasteiger partial charge on any atom is -0.504 e. The van der Waals surface area contributed by atoms with Crippen molar-refractivity contribution < 1.29 is 10.2 Å². The normalized spacial score (nSPS) is 20.5. The molecule has 0 fully saturated rings. The van der Waals surface area contributed by atoms with Gasteiger partial charge in [-0.25, -0.2) is 0 Å². The fourth-order valence-electron chi connectivity index (χ4n) is 1.55. The van der Waals surface area contributed by atoms with Crippen molar-refractivity contribution in [3.05, 3.63) is 17.7 Å². The monoisotopic (exact) mass is 180 g/mol. The third-order valence-electron chi connectivity index (χ3n) is 2.24. The van der Waals surface area contributed by atoms with Crippen LogP contribution in [0.3, 0.4) is 0 Å². The number of hydrogen-bond donors (Lipinski definition) is 4. The lowest BCUT2D eigenvalue weighted by Gasteiger charge is -2.23. The molecule has 1 aromatic carbocycles. The Hall–Kier alpha value is -1.42. The zero-order valence-corrected chi connectivity index (χ0v) is 7.12. The Bertz CT molecular complexity index is 339. The van der Waals surface area contributed by atoms with Crippen LogP contribution >= 0.6 is 0 Å². The molecule has 0 unspecified atom stereocenters. The lowest BCUT2D eigenvalue weighted by molar-refractivity contribution is 0.403. The van der Waals surface area contributed by atoms with E-state index in [1.54, 1.807) is 6.07 Å². The standard InChI is InChI=1S/C9H12N2O2/c10-6-1-5-2-8(12)9(13)3-7(5)11-4-6/h2-3,6,11-13H,1,4,10H2/t6-/m1/s1. The van der Waals surface area contributed by atoms with Crippen LogP contribution in [0.4, 0.5) is 5.69 Å². The molecule has 0 spiro atoms. The van der Waals surface area contributed by atoms with E-state index in [1.165, 1.54) is 6.07 Å². The summed E-state index contributed by atoms with van der Waals surface area (Å²) < 4.78 is 0. The summed E-state index contributed by atoms with van der Waals surface area (Å²) in [5.74, 6) is -0.184. The van der Waals surface area contributed by atoms with E-state index >= 15 is 0 Å². The van der Waals surface area contributed by atoms with Crippen molar-refractivity contribution in [3.8, 4) is 11.5 Å². The van der Waals surface area contributed by atoms with Crippen LogP contribution in [0.25, 0.3) is 0 Å². The second-order valence-corrected chi connectivity index (χ2v) is 3.34. The maximum Gasteiger partial charge on any atom is 0.159 e. The molecule has 4 nitrogen and oxygen atoms in total. The van der Waals surface area contributed by atoms with Crippen LogP contribution in [-0.4, -0.2) is 22.8 Å². The van der Waals surface area contributed by atoms with Crippen LogP contribution in [0.1, 0.15) is 5.56 Å². The zero-order chi connectivity index (χ0) is 9.42. The maximum absolute atomic E-state index is 9.24. The first-order valence-electron chi connectivity index (χ1n) is 4.21. The number of anilines is 1. The van der Waals surface area contributed by atoms with Crippen LogP contribution in [-0.2, 0) is 6.42 Å². The minimum absolute atomic E-state index is 0.0800. The van der Waals surface area contributed by atoms with Crippen LogP contribution in [0.15, 0.2) is 12.1 Å². The molecule has 2 rings (SSSR count). The van der Waals surface area contributed by atoms with Gasteiger partial charge in [0.15, 0.2) is 11.5 Å². The van der Waals surface area contributed by atoms with Gasteiger partial charge in [-0.2, -0.15) is 0 Å². The van der Waals surface area contributed by atoms with Crippen molar-refractivity contribution in [2.75, 3.05) is 11.9 Å².